The number of hydrogen-bond donors (Lipinski definition) is 1. The molecule has 0 bridgehead atoms. The average molecular weight is 540 g/mol. The monoisotopic (exact) mass is 539 g/mol. The Morgan fingerprint density at radius 1 is 1.14 bits per heavy atom. The quantitative estimate of drug-likeness (QED) is 0.327. The summed E-state index contributed by atoms with van der Waals surface area (Å²) >= 11 is 1.47. The van der Waals surface area contributed by atoms with Crippen LogP contribution in [0.2, 0.25) is 0 Å². The highest BCUT2D eigenvalue weighted by Gasteiger charge is 2.27. The van der Waals surface area contributed by atoms with Crippen molar-refractivity contribution in [2.24, 2.45) is 0 Å². The number of amides is 1. The maximum atomic E-state index is 13.7. The van der Waals surface area contributed by atoms with Crippen LogP contribution >= 0.6 is 11.3 Å². The number of aryl methyl sites for hydroxylation is 2. The van der Waals surface area contributed by atoms with Crippen LogP contribution in [0.25, 0.3) is 10.2 Å². The van der Waals surface area contributed by atoms with Crippen LogP contribution in [-0.2, 0) is 14.8 Å². The molecule has 1 atom stereocenters. The zero-order chi connectivity index (χ0) is 26.2. The van der Waals surface area contributed by atoms with Gasteiger partial charge in [0.1, 0.15) is 5.82 Å². The number of carbonyl (C=O) groups is 1. The number of carbonyl (C=O) groups excluding carboxylic acids is 1. The highest BCUT2D eigenvalue weighted by Crippen LogP contribution is 2.33. The Kier molecular flexibility index (Phi) is 6.98. The first-order chi connectivity index (χ1) is 17.7. The van der Waals surface area contributed by atoms with Gasteiger partial charge in [-0.3, -0.25) is 14.4 Å². The third kappa shape index (κ3) is 5.51. The fraction of sp³-hybridized carbons (Fsp3) is 0.259. The Morgan fingerprint density at radius 2 is 1.86 bits per heavy atom. The summed E-state index contributed by atoms with van der Waals surface area (Å²) in [5.74, 6) is -0.760. The Morgan fingerprint density at radius 3 is 2.54 bits per heavy atom. The predicted molar refractivity (Wildman–Crippen MR) is 143 cm³/mol. The average Bonchev–Trinajstić information content (AvgIpc) is 3.53. The lowest BCUT2D eigenvalue weighted by Crippen LogP contribution is -2.37. The van der Waals surface area contributed by atoms with E-state index in [4.69, 9.17) is 9.72 Å². The first-order valence-electron chi connectivity index (χ1n) is 11.9. The first-order valence-corrected chi connectivity index (χ1v) is 14.2. The third-order valence-electron chi connectivity index (χ3n) is 6.21. The number of anilines is 2. The van der Waals surface area contributed by atoms with Crippen molar-refractivity contribution < 1.29 is 22.3 Å². The number of fused-ring (bicyclic) bond motifs is 1. The van der Waals surface area contributed by atoms with Crippen LogP contribution in [0.15, 0.2) is 65.6 Å². The van der Waals surface area contributed by atoms with E-state index in [0.29, 0.717) is 23.8 Å². The summed E-state index contributed by atoms with van der Waals surface area (Å²) in [5, 5.41) is 0.602. The zero-order valence-corrected chi connectivity index (χ0v) is 22.0. The van der Waals surface area contributed by atoms with Crippen LogP contribution in [0.1, 0.15) is 34.3 Å². The number of ether oxygens (including phenoxy) is 1. The predicted octanol–water partition coefficient (Wildman–Crippen LogP) is 5.68. The minimum Gasteiger partial charge on any atom is -0.376 e. The number of thiazole rings is 1. The second kappa shape index (κ2) is 10.2. The molecule has 1 fully saturated rings. The molecule has 1 amide bonds. The van der Waals surface area contributed by atoms with Gasteiger partial charge in [-0.2, -0.15) is 0 Å². The van der Waals surface area contributed by atoms with Gasteiger partial charge in [-0.1, -0.05) is 17.4 Å². The number of rotatable bonds is 7. The normalized spacial score (nSPS) is 15.7. The van der Waals surface area contributed by atoms with Crippen molar-refractivity contribution >= 4 is 48.3 Å². The van der Waals surface area contributed by atoms with E-state index in [-0.39, 0.29) is 22.6 Å². The molecule has 5 rings (SSSR count). The van der Waals surface area contributed by atoms with Gasteiger partial charge in [-0.25, -0.2) is 17.8 Å². The fourth-order valence-electron chi connectivity index (χ4n) is 4.38. The molecule has 1 aliphatic rings. The maximum Gasteiger partial charge on any atom is 0.261 e. The van der Waals surface area contributed by atoms with Gasteiger partial charge in [0, 0.05) is 17.9 Å². The van der Waals surface area contributed by atoms with Gasteiger partial charge in [0.25, 0.3) is 15.9 Å². The molecule has 1 saturated heterocycles. The van der Waals surface area contributed by atoms with E-state index in [1.165, 1.54) is 35.6 Å². The highest BCUT2D eigenvalue weighted by molar-refractivity contribution is 7.92. The van der Waals surface area contributed by atoms with Crippen LogP contribution < -0.4 is 9.62 Å². The van der Waals surface area contributed by atoms with Crippen LogP contribution in [0, 0.1) is 19.7 Å². The standard InChI is InChI=1S/C27H26FN3O4S2/c1-17-14-18(2)25-24(15-17)36-27(29-25)31(16-22-4-3-13-35-22)26(32)19-5-9-21(10-6-19)30-37(33,34)23-11-7-20(28)8-12-23/h5-12,14-15,22,30H,3-4,13,16H2,1-2H3. The van der Waals surface area contributed by atoms with Crippen LogP contribution in [0.4, 0.5) is 15.2 Å². The van der Waals surface area contributed by atoms with E-state index in [0.717, 1.165) is 46.3 Å². The third-order valence-corrected chi connectivity index (χ3v) is 8.64. The van der Waals surface area contributed by atoms with Crippen LogP contribution in [0.3, 0.4) is 0 Å². The SMILES string of the molecule is Cc1cc(C)c2nc(N(CC3CCCO3)C(=O)c3ccc(NS(=O)(=O)c4ccc(F)cc4)cc3)sc2c1. The largest absolute Gasteiger partial charge is 0.376 e. The van der Waals surface area contributed by atoms with Crippen molar-refractivity contribution in [2.75, 3.05) is 22.8 Å². The summed E-state index contributed by atoms with van der Waals surface area (Å²) in [6, 6.07) is 14.9. The molecular weight excluding hydrogens is 513 g/mol. The summed E-state index contributed by atoms with van der Waals surface area (Å²) in [5.41, 5.74) is 3.75. The van der Waals surface area contributed by atoms with Gasteiger partial charge in [0.05, 0.1) is 27.8 Å². The maximum absolute atomic E-state index is 13.7. The molecule has 2 heterocycles. The molecule has 4 aromatic rings. The summed E-state index contributed by atoms with van der Waals surface area (Å²) in [7, 11) is -3.90. The lowest BCUT2D eigenvalue weighted by molar-refractivity contribution is 0.0917. The van der Waals surface area contributed by atoms with Gasteiger partial charge in [-0.05, 0) is 92.4 Å². The van der Waals surface area contributed by atoms with E-state index in [1.54, 1.807) is 17.0 Å². The molecule has 0 radical (unpaired) electrons. The summed E-state index contributed by atoms with van der Waals surface area (Å²) in [4.78, 5) is 20.1. The Balaban J connectivity index is 1.41. The van der Waals surface area contributed by atoms with E-state index in [9.17, 15) is 17.6 Å². The first kappa shape index (κ1) is 25.3. The van der Waals surface area contributed by atoms with E-state index in [1.807, 2.05) is 13.8 Å². The zero-order valence-electron chi connectivity index (χ0n) is 20.4. The minimum absolute atomic E-state index is 0.0573. The van der Waals surface area contributed by atoms with Crippen molar-refractivity contribution in [1.29, 1.82) is 0 Å². The number of aromatic nitrogens is 1. The number of benzene rings is 3. The molecule has 10 heteroatoms. The molecule has 192 valence electrons. The van der Waals surface area contributed by atoms with Crippen molar-refractivity contribution in [3.05, 3.63) is 83.2 Å². The van der Waals surface area contributed by atoms with Crippen LogP contribution in [0.5, 0.6) is 0 Å². The van der Waals surface area contributed by atoms with Gasteiger partial charge < -0.3 is 4.74 Å². The second-order valence-electron chi connectivity index (χ2n) is 9.11. The molecular formula is C27H26FN3O4S2. The molecule has 0 spiro atoms. The highest BCUT2D eigenvalue weighted by atomic mass is 32.2. The molecule has 0 saturated carbocycles. The molecule has 1 unspecified atom stereocenters. The van der Waals surface area contributed by atoms with Gasteiger partial charge in [0.2, 0.25) is 0 Å². The van der Waals surface area contributed by atoms with Gasteiger partial charge >= 0.3 is 0 Å². The van der Waals surface area contributed by atoms with Gasteiger partial charge in [0.15, 0.2) is 5.13 Å². The van der Waals surface area contributed by atoms with Crippen molar-refractivity contribution in [1.82, 2.24) is 4.98 Å². The number of hydrogen-bond acceptors (Lipinski definition) is 6. The molecule has 1 aliphatic heterocycles. The van der Waals surface area contributed by atoms with Crippen molar-refractivity contribution in [2.45, 2.75) is 37.7 Å². The van der Waals surface area contributed by atoms with Crippen molar-refractivity contribution in [3.63, 3.8) is 0 Å². The number of nitrogens with zero attached hydrogens (tertiary/aromatic N) is 2. The molecule has 7 nitrogen and oxygen atoms in total. The number of nitrogens with one attached hydrogen (secondary N) is 1. The summed E-state index contributed by atoms with van der Waals surface area (Å²) < 4.78 is 47.7. The second-order valence-corrected chi connectivity index (χ2v) is 11.8. The molecule has 1 N–H and O–H groups in total. The Bertz CT molecular complexity index is 1550. The van der Waals surface area contributed by atoms with E-state index < -0.39 is 15.8 Å². The van der Waals surface area contributed by atoms with Gasteiger partial charge in [-0.15, -0.1) is 0 Å². The topological polar surface area (TPSA) is 88.6 Å². The Labute approximate surface area is 219 Å². The van der Waals surface area contributed by atoms with E-state index >= 15 is 0 Å². The molecule has 37 heavy (non-hydrogen) atoms. The lowest BCUT2D eigenvalue weighted by Gasteiger charge is -2.23. The summed E-state index contributed by atoms with van der Waals surface area (Å²) in [6.07, 6.45) is 1.76. The van der Waals surface area contributed by atoms with E-state index in [2.05, 4.69) is 16.9 Å². The minimum atomic E-state index is -3.90. The lowest BCUT2D eigenvalue weighted by atomic mass is 10.1. The number of halogens is 1. The molecule has 1 aromatic heterocycles. The fourth-order valence-corrected chi connectivity index (χ4v) is 6.59. The van der Waals surface area contributed by atoms with Crippen LogP contribution in [-0.4, -0.2) is 38.6 Å². The number of sulfonamides is 1. The smallest absolute Gasteiger partial charge is 0.261 e. The molecule has 3 aromatic carbocycles. The van der Waals surface area contributed by atoms with Crippen molar-refractivity contribution in [3.8, 4) is 0 Å². The molecule has 0 aliphatic carbocycles. The summed E-state index contributed by atoms with van der Waals surface area (Å²) in [6.45, 7) is 5.10. The Hall–Kier alpha value is -3.34.